The lowest BCUT2D eigenvalue weighted by Gasteiger charge is -2.38. The number of ether oxygens (including phenoxy) is 3. The highest BCUT2D eigenvalue weighted by Gasteiger charge is 2.36. The summed E-state index contributed by atoms with van der Waals surface area (Å²) >= 11 is 6.17. The van der Waals surface area contributed by atoms with Crippen molar-refractivity contribution in [2.45, 2.75) is 33.2 Å². The Hall–Kier alpha value is -3.51. The number of halogens is 1. The van der Waals surface area contributed by atoms with Crippen molar-refractivity contribution in [3.05, 3.63) is 87.9 Å². The summed E-state index contributed by atoms with van der Waals surface area (Å²) in [4.78, 5) is 27.4. The van der Waals surface area contributed by atoms with Gasteiger partial charge in [0.15, 0.2) is 11.5 Å². The van der Waals surface area contributed by atoms with Gasteiger partial charge in [0.25, 0.3) is 0 Å². The van der Waals surface area contributed by atoms with E-state index >= 15 is 0 Å². The van der Waals surface area contributed by atoms with Gasteiger partial charge in [0.2, 0.25) is 5.91 Å². The molecule has 0 bridgehead atoms. The minimum Gasteiger partial charge on any atom is -0.490 e. The van der Waals surface area contributed by atoms with Gasteiger partial charge in [-0.25, -0.2) is 4.79 Å². The average Bonchev–Trinajstić information content (AvgIpc) is 2.85. The lowest BCUT2D eigenvalue weighted by Crippen LogP contribution is -2.41. The number of carbonyl (C=O) groups excluding carboxylic acids is 2. The van der Waals surface area contributed by atoms with Crippen LogP contribution in [0.1, 0.15) is 53.9 Å². The molecule has 6 nitrogen and oxygen atoms in total. The van der Waals surface area contributed by atoms with E-state index in [-0.39, 0.29) is 12.3 Å². The fourth-order valence-electron chi connectivity index (χ4n) is 4.33. The Bertz CT molecular complexity index is 1210. The Labute approximate surface area is 210 Å². The smallest absolute Gasteiger partial charge is 0.338 e. The summed E-state index contributed by atoms with van der Waals surface area (Å²) < 4.78 is 16.8. The molecule has 0 aromatic heterocycles. The quantitative estimate of drug-likeness (QED) is 0.360. The summed E-state index contributed by atoms with van der Waals surface area (Å²) in [6.45, 7) is 6.88. The van der Waals surface area contributed by atoms with Crippen molar-refractivity contribution in [3.63, 3.8) is 0 Å². The van der Waals surface area contributed by atoms with Gasteiger partial charge < -0.3 is 19.1 Å². The third-order valence-corrected chi connectivity index (χ3v) is 6.06. The molecule has 1 heterocycles. The number of hydrogen-bond donors (Lipinski definition) is 0. The second-order valence-corrected chi connectivity index (χ2v) is 8.46. The second-order valence-electron chi connectivity index (χ2n) is 8.03. The summed E-state index contributed by atoms with van der Waals surface area (Å²) in [7, 11) is 0. The molecule has 3 aromatic rings. The fraction of sp³-hybridized carbons (Fsp3) is 0.286. The Morgan fingerprint density at radius 3 is 2.14 bits per heavy atom. The predicted octanol–water partition coefficient (Wildman–Crippen LogP) is 5.99. The molecule has 0 aliphatic carbocycles. The van der Waals surface area contributed by atoms with Crippen molar-refractivity contribution in [2.75, 3.05) is 24.7 Å². The first kappa shape index (κ1) is 24.6. The van der Waals surface area contributed by atoms with Gasteiger partial charge in [-0.15, -0.1) is 0 Å². The minimum absolute atomic E-state index is 0.0621. The molecule has 1 aliphatic heterocycles. The normalized spacial score (nSPS) is 14.9. The zero-order chi connectivity index (χ0) is 24.9. The highest BCUT2D eigenvalue weighted by Crippen LogP contribution is 2.43. The summed E-state index contributed by atoms with van der Waals surface area (Å²) in [5, 5.41) is 0.614. The summed E-state index contributed by atoms with van der Waals surface area (Å²) in [6.07, 6.45) is 0.214. The van der Waals surface area contributed by atoms with E-state index in [0.717, 1.165) is 16.7 Å². The number of carbonyl (C=O) groups is 2. The van der Waals surface area contributed by atoms with E-state index in [2.05, 4.69) is 0 Å². The molecule has 0 saturated heterocycles. The minimum atomic E-state index is -0.410. The Kier molecular flexibility index (Phi) is 7.61. The molecular weight excluding hydrogens is 466 g/mol. The van der Waals surface area contributed by atoms with Gasteiger partial charge in [0.1, 0.15) is 0 Å². The monoisotopic (exact) mass is 493 g/mol. The summed E-state index contributed by atoms with van der Waals surface area (Å²) in [5.41, 5.74) is 3.86. The van der Waals surface area contributed by atoms with Crippen LogP contribution in [0.5, 0.6) is 11.5 Å². The van der Waals surface area contributed by atoms with Crippen LogP contribution in [0.25, 0.3) is 0 Å². The third kappa shape index (κ3) is 5.13. The molecule has 1 amide bonds. The van der Waals surface area contributed by atoms with Crippen LogP contribution in [0.3, 0.4) is 0 Å². The predicted molar refractivity (Wildman–Crippen MR) is 136 cm³/mol. The number of amides is 1. The van der Waals surface area contributed by atoms with E-state index < -0.39 is 12.0 Å². The molecular formula is C28H28ClNO5. The van der Waals surface area contributed by atoms with Crippen molar-refractivity contribution in [1.82, 2.24) is 0 Å². The van der Waals surface area contributed by atoms with Gasteiger partial charge in [-0.2, -0.15) is 0 Å². The molecule has 35 heavy (non-hydrogen) atoms. The molecule has 3 aromatic carbocycles. The molecule has 0 saturated carbocycles. The highest BCUT2D eigenvalue weighted by molar-refractivity contribution is 6.30. The maximum Gasteiger partial charge on any atom is 0.338 e. The van der Waals surface area contributed by atoms with Gasteiger partial charge in [0.05, 0.1) is 37.8 Å². The van der Waals surface area contributed by atoms with E-state index in [1.165, 1.54) is 0 Å². The summed E-state index contributed by atoms with van der Waals surface area (Å²) in [6, 6.07) is 17.8. The van der Waals surface area contributed by atoms with Crippen LogP contribution in [0, 0.1) is 0 Å². The topological polar surface area (TPSA) is 65.1 Å². The lowest BCUT2D eigenvalue weighted by molar-refractivity contribution is -0.118. The largest absolute Gasteiger partial charge is 0.490 e. The van der Waals surface area contributed by atoms with Crippen molar-refractivity contribution in [2.24, 2.45) is 0 Å². The number of fused-ring (bicyclic) bond motifs is 1. The number of esters is 1. The van der Waals surface area contributed by atoms with Gasteiger partial charge in [-0.3, -0.25) is 4.79 Å². The zero-order valence-corrected chi connectivity index (χ0v) is 20.8. The van der Waals surface area contributed by atoms with Crippen LogP contribution in [0.15, 0.2) is 60.7 Å². The molecule has 0 N–H and O–H groups in total. The van der Waals surface area contributed by atoms with Crippen LogP contribution in [-0.2, 0) is 16.0 Å². The molecule has 1 aliphatic rings. The third-order valence-electron chi connectivity index (χ3n) is 5.81. The van der Waals surface area contributed by atoms with Crippen molar-refractivity contribution >= 4 is 29.2 Å². The first-order chi connectivity index (χ1) is 17.0. The fourth-order valence-corrected chi connectivity index (χ4v) is 4.46. The maximum atomic E-state index is 13.5. The number of anilines is 1. The molecule has 0 radical (unpaired) electrons. The number of hydrogen-bond acceptors (Lipinski definition) is 5. The van der Waals surface area contributed by atoms with Crippen molar-refractivity contribution < 1.29 is 23.8 Å². The molecule has 0 fully saturated rings. The lowest BCUT2D eigenvalue weighted by atomic mass is 9.86. The number of rotatable bonds is 8. The molecule has 4 rings (SSSR count). The standard InChI is InChI=1S/C28H28ClNO5/c1-4-33-24-15-20-16-26(31)30(22-13-9-19(10-14-22)28(32)35-6-3)27(18-7-11-21(29)12-8-18)23(20)17-25(24)34-5-2/h7-15,17,27H,4-6,16H2,1-3H3/t27-/m1/s1. The van der Waals surface area contributed by atoms with Crippen molar-refractivity contribution in [3.8, 4) is 11.5 Å². The van der Waals surface area contributed by atoms with Crippen LogP contribution in [0.2, 0.25) is 5.02 Å². The average molecular weight is 494 g/mol. The van der Waals surface area contributed by atoms with E-state index in [0.29, 0.717) is 47.6 Å². The van der Waals surface area contributed by atoms with Crippen LogP contribution in [0.4, 0.5) is 5.69 Å². The number of nitrogens with zero attached hydrogens (tertiary/aromatic N) is 1. The highest BCUT2D eigenvalue weighted by atomic mass is 35.5. The van der Waals surface area contributed by atoms with Gasteiger partial charge >= 0.3 is 5.97 Å². The van der Waals surface area contributed by atoms with E-state index in [1.54, 1.807) is 36.1 Å². The van der Waals surface area contributed by atoms with Crippen molar-refractivity contribution in [1.29, 1.82) is 0 Å². The Morgan fingerprint density at radius 1 is 0.914 bits per heavy atom. The van der Waals surface area contributed by atoms with E-state index in [4.69, 9.17) is 25.8 Å². The van der Waals surface area contributed by atoms with Gasteiger partial charge in [0, 0.05) is 10.7 Å². The maximum absolute atomic E-state index is 13.5. The van der Waals surface area contributed by atoms with Crippen LogP contribution >= 0.6 is 11.6 Å². The first-order valence-electron chi connectivity index (χ1n) is 11.7. The Morgan fingerprint density at radius 2 is 1.54 bits per heavy atom. The molecule has 1 atom stereocenters. The zero-order valence-electron chi connectivity index (χ0n) is 20.0. The molecule has 7 heteroatoms. The molecule has 0 spiro atoms. The SMILES string of the molecule is CCOC(=O)c1ccc(N2C(=O)Cc3cc(OCC)c(OCC)cc3[C@H]2c2ccc(Cl)cc2)cc1. The van der Waals surface area contributed by atoms with Gasteiger partial charge in [-0.1, -0.05) is 23.7 Å². The van der Waals surface area contributed by atoms with Crippen LogP contribution in [-0.4, -0.2) is 31.7 Å². The molecule has 0 unspecified atom stereocenters. The summed E-state index contributed by atoms with van der Waals surface area (Å²) in [5.74, 6) is 0.809. The molecule has 182 valence electrons. The second kappa shape index (κ2) is 10.8. The number of benzene rings is 3. The van der Waals surface area contributed by atoms with E-state index in [1.807, 2.05) is 50.2 Å². The van der Waals surface area contributed by atoms with Gasteiger partial charge in [-0.05, 0) is 86.0 Å². The first-order valence-corrected chi connectivity index (χ1v) is 12.1. The van der Waals surface area contributed by atoms with E-state index in [9.17, 15) is 9.59 Å². The Balaban J connectivity index is 1.84. The van der Waals surface area contributed by atoms with Crippen LogP contribution < -0.4 is 14.4 Å².